The fourth-order valence-corrected chi connectivity index (χ4v) is 4.57. The second-order valence-corrected chi connectivity index (χ2v) is 10.7. The first kappa shape index (κ1) is 27.3. The first-order valence-corrected chi connectivity index (χ1v) is 12.8. The van der Waals surface area contributed by atoms with E-state index >= 15 is 0 Å². The zero-order valence-electron chi connectivity index (χ0n) is 18.3. The van der Waals surface area contributed by atoms with Crippen LogP contribution in [0.3, 0.4) is 0 Å². The summed E-state index contributed by atoms with van der Waals surface area (Å²) in [6.45, 7) is 0. The smallest absolute Gasteiger partial charge is 0.441 e. The Bertz CT molecular complexity index is 1510. The number of carbonyl (C=O) groups is 1. The summed E-state index contributed by atoms with van der Waals surface area (Å²) >= 11 is 0. The molecule has 202 valence electrons. The van der Waals surface area contributed by atoms with Crippen molar-refractivity contribution in [3.05, 3.63) is 95.1 Å². The van der Waals surface area contributed by atoms with Crippen molar-refractivity contribution in [2.75, 3.05) is 0 Å². The van der Waals surface area contributed by atoms with E-state index in [4.69, 9.17) is 4.74 Å². The lowest BCUT2D eigenvalue weighted by Gasteiger charge is -2.30. The van der Waals surface area contributed by atoms with Crippen LogP contribution in [0.1, 0.15) is 27.0 Å². The number of halogens is 6. The summed E-state index contributed by atoms with van der Waals surface area (Å²) < 4.78 is 135. The highest BCUT2D eigenvalue weighted by atomic mass is 32.2. The van der Waals surface area contributed by atoms with E-state index in [9.17, 15) is 48.0 Å². The topological polar surface area (TPSA) is 113 Å². The Morgan fingerprint density at radius 3 is 1.42 bits per heavy atom. The van der Waals surface area contributed by atoms with Crippen LogP contribution in [-0.4, -0.2) is 33.8 Å². The number of benzene rings is 3. The normalized spacial score (nSPS) is 15.5. The Kier molecular flexibility index (Phi) is 6.38. The maximum atomic E-state index is 12.7. The van der Waals surface area contributed by atoms with Crippen LogP contribution in [0.15, 0.2) is 72.8 Å². The van der Waals surface area contributed by atoms with E-state index in [-0.39, 0.29) is 22.3 Å². The maximum absolute atomic E-state index is 12.7. The average molecular weight is 582 g/mol. The van der Waals surface area contributed by atoms with Crippen molar-refractivity contribution in [2.24, 2.45) is 0 Å². The van der Waals surface area contributed by atoms with Gasteiger partial charge < -0.3 is 13.1 Å². The molecule has 3 aromatic rings. The molecule has 0 atom stereocenters. The van der Waals surface area contributed by atoms with Gasteiger partial charge >= 0.3 is 37.2 Å². The third-order valence-electron chi connectivity index (χ3n) is 5.27. The lowest BCUT2D eigenvalue weighted by molar-refractivity contribution is -0.0504. The number of ether oxygens (including phenoxy) is 1. The average Bonchev–Trinajstić information content (AvgIpc) is 3.12. The molecule has 0 spiro atoms. The number of fused-ring (bicyclic) bond motifs is 1. The SMILES string of the molecule is O=C1OC(c2ccc(OS(=O)(=O)C(F)(F)F)cc2)(c2ccc(OS(=O)(=O)C(F)(F)F)cc2)c2ccccc21. The Morgan fingerprint density at radius 1 is 0.632 bits per heavy atom. The monoisotopic (exact) mass is 582 g/mol. The molecule has 3 aromatic carbocycles. The number of hydrogen-bond acceptors (Lipinski definition) is 8. The van der Waals surface area contributed by atoms with Crippen LogP contribution in [0.25, 0.3) is 0 Å². The molecule has 0 aromatic heterocycles. The zero-order chi connectivity index (χ0) is 28.1. The fourth-order valence-electron chi connectivity index (χ4n) is 3.65. The lowest BCUT2D eigenvalue weighted by Crippen LogP contribution is -2.30. The predicted molar refractivity (Wildman–Crippen MR) is 116 cm³/mol. The van der Waals surface area contributed by atoms with Crippen molar-refractivity contribution in [3.63, 3.8) is 0 Å². The van der Waals surface area contributed by atoms with Crippen molar-refractivity contribution in [1.29, 1.82) is 0 Å². The Balaban J connectivity index is 1.79. The minimum absolute atomic E-state index is 0.0872. The number of rotatable bonds is 6. The van der Waals surface area contributed by atoms with Gasteiger partial charge in [0.15, 0.2) is 5.60 Å². The number of hydrogen-bond donors (Lipinski definition) is 0. The standard InChI is InChI=1S/C22H12F6O8S2/c23-21(24,25)37(30,31)35-15-9-5-13(6-10-15)20(18-4-2-1-3-17(18)19(29)34-20)14-7-11-16(12-8-14)36-38(32,33)22(26,27)28/h1-12H. The van der Waals surface area contributed by atoms with Crippen LogP contribution in [0, 0.1) is 0 Å². The molecule has 0 radical (unpaired) electrons. The summed E-state index contributed by atoms with van der Waals surface area (Å²) in [6.07, 6.45) is 0. The summed E-state index contributed by atoms with van der Waals surface area (Å²) in [4.78, 5) is 12.7. The van der Waals surface area contributed by atoms with E-state index in [0.717, 1.165) is 48.5 Å². The van der Waals surface area contributed by atoms with Crippen LogP contribution >= 0.6 is 0 Å². The molecular formula is C22H12F6O8S2. The molecule has 1 aliphatic rings. The van der Waals surface area contributed by atoms with Gasteiger partial charge in [-0.25, -0.2) is 4.79 Å². The third kappa shape index (κ3) is 4.64. The highest BCUT2D eigenvalue weighted by Gasteiger charge is 2.51. The summed E-state index contributed by atoms with van der Waals surface area (Å²) in [5, 5.41) is 0. The van der Waals surface area contributed by atoms with Gasteiger partial charge in [-0.2, -0.15) is 43.2 Å². The van der Waals surface area contributed by atoms with Crippen molar-refractivity contribution >= 4 is 26.2 Å². The highest BCUT2D eigenvalue weighted by molar-refractivity contribution is 7.88. The summed E-state index contributed by atoms with van der Waals surface area (Å²) in [6, 6.07) is 14.0. The quantitative estimate of drug-likeness (QED) is 0.179. The van der Waals surface area contributed by atoms with Gasteiger partial charge in [0.25, 0.3) is 0 Å². The second-order valence-electron chi connectivity index (χ2n) is 7.63. The molecule has 0 saturated carbocycles. The van der Waals surface area contributed by atoms with Crippen molar-refractivity contribution < 1.29 is 61.1 Å². The molecule has 8 nitrogen and oxygen atoms in total. The molecule has 0 N–H and O–H groups in total. The summed E-state index contributed by atoms with van der Waals surface area (Å²) in [5.74, 6) is -2.24. The first-order valence-electron chi connectivity index (χ1n) is 10.0. The molecule has 1 aliphatic heterocycles. The van der Waals surface area contributed by atoms with Gasteiger partial charge in [-0.1, -0.05) is 42.5 Å². The lowest BCUT2D eigenvalue weighted by atomic mass is 9.80. The summed E-state index contributed by atoms with van der Waals surface area (Å²) in [7, 11) is -11.9. The van der Waals surface area contributed by atoms with Gasteiger partial charge in [0, 0.05) is 16.7 Å². The van der Waals surface area contributed by atoms with Gasteiger partial charge in [0.1, 0.15) is 11.5 Å². The largest absolute Gasteiger partial charge is 0.534 e. The Morgan fingerprint density at radius 2 is 1.03 bits per heavy atom. The van der Waals surface area contributed by atoms with Crippen LogP contribution in [-0.2, 0) is 30.6 Å². The number of cyclic esters (lactones) is 1. The number of carbonyl (C=O) groups excluding carboxylic acids is 1. The van der Waals surface area contributed by atoms with Gasteiger partial charge in [0.2, 0.25) is 0 Å². The minimum atomic E-state index is -5.97. The number of esters is 1. The molecule has 4 rings (SSSR count). The second kappa shape index (κ2) is 8.90. The third-order valence-corrected chi connectivity index (χ3v) is 7.23. The molecule has 0 unspecified atom stereocenters. The van der Waals surface area contributed by atoms with Gasteiger partial charge in [-0.15, -0.1) is 0 Å². The molecule has 38 heavy (non-hydrogen) atoms. The van der Waals surface area contributed by atoms with Crippen LogP contribution < -0.4 is 8.37 Å². The summed E-state index contributed by atoms with van der Waals surface area (Å²) in [5.41, 5.74) is -12.7. The van der Waals surface area contributed by atoms with E-state index in [2.05, 4.69) is 8.37 Å². The molecule has 0 aliphatic carbocycles. The number of alkyl halides is 6. The molecule has 1 heterocycles. The maximum Gasteiger partial charge on any atom is 0.534 e. The zero-order valence-corrected chi connectivity index (χ0v) is 19.9. The van der Waals surface area contributed by atoms with E-state index in [0.29, 0.717) is 0 Å². The molecule has 16 heteroatoms. The molecule has 0 saturated heterocycles. The van der Waals surface area contributed by atoms with E-state index in [1.807, 2.05) is 0 Å². The van der Waals surface area contributed by atoms with Gasteiger partial charge in [-0.05, 0) is 30.3 Å². The van der Waals surface area contributed by atoms with Crippen LogP contribution in [0.5, 0.6) is 11.5 Å². The van der Waals surface area contributed by atoms with Crippen LogP contribution in [0.2, 0.25) is 0 Å². The fraction of sp³-hybridized carbons (Fsp3) is 0.136. The van der Waals surface area contributed by atoms with Gasteiger partial charge in [0.05, 0.1) is 5.56 Å². The Labute approximate surface area is 210 Å². The molecule has 0 fully saturated rings. The first-order chi connectivity index (χ1) is 17.5. The minimum Gasteiger partial charge on any atom is -0.441 e. The Hall–Kier alpha value is -3.79. The predicted octanol–water partition coefficient (Wildman–Crippen LogP) is 4.61. The van der Waals surface area contributed by atoms with E-state index in [1.54, 1.807) is 0 Å². The van der Waals surface area contributed by atoms with Crippen molar-refractivity contribution in [2.45, 2.75) is 16.6 Å². The molecule has 0 amide bonds. The van der Waals surface area contributed by atoms with Gasteiger partial charge in [-0.3, -0.25) is 0 Å². The van der Waals surface area contributed by atoms with E-state index in [1.165, 1.54) is 24.3 Å². The van der Waals surface area contributed by atoms with Crippen molar-refractivity contribution in [3.8, 4) is 11.5 Å². The van der Waals surface area contributed by atoms with Crippen molar-refractivity contribution in [1.82, 2.24) is 0 Å². The molecular weight excluding hydrogens is 570 g/mol. The van der Waals surface area contributed by atoms with E-state index < -0.39 is 54.3 Å². The highest BCUT2D eigenvalue weighted by Crippen LogP contribution is 2.47. The van der Waals surface area contributed by atoms with Crippen LogP contribution in [0.4, 0.5) is 26.3 Å². The molecule has 0 bridgehead atoms.